The molecule has 5 nitrogen and oxygen atoms in total. The lowest BCUT2D eigenvalue weighted by Crippen LogP contribution is -2.38. The maximum absolute atomic E-state index is 11.9. The van der Waals surface area contributed by atoms with Gasteiger partial charge in [-0.15, -0.1) is 0 Å². The van der Waals surface area contributed by atoms with Gasteiger partial charge in [-0.25, -0.2) is 4.79 Å². The zero-order valence-electron chi connectivity index (χ0n) is 12.7. The normalized spacial score (nSPS) is 16.4. The smallest absolute Gasteiger partial charge is 0.342 e. The van der Waals surface area contributed by atoms with Crippen LogP contribution in [0.1, 0.15) is 55.3 Å². The Morgan fingerprint density at radius 3 is 2.41 bits per heavy atom. The van der Waals surface area contributed by atoms with Gasteiger partial charge in [0, 0.05) is 6.04 Å². The standard InChI is InChI=1S/C17H23NO4/c19-15-11-7-6-10-14(15)17(21)22-12-16(20)18-13-8-4-2-1-3-5-9-13/h6-7,10-11,13,19H,1-5,8-9,12H2,(H,18,20). The number of nitrogens with one attached hydrogen (secondary N) is 1. The molecule has 1 fully saturated rings. The Morgan fingerprint density at radius 1 is 1.09 bits per heavy atom. The number of benzene rings is 1. The molecule has 1 aromatic rings. The largest absolute Gasteiger partial charge is 0.507 e. The Labute approximate surface area is 130 Å². The van der Waals surface area contributed by atoms with Crippen LogP contribution in [-0.2, 0) is 9.53 Å². The van der Waals surface area contributed by atoms with E-state index in [2.05, 4.69) is 5.32 Å². The Bertz CT molecular complexity index is 507. The molecule has 5 heteroatoms. The molecule has 0 aromatic heterocycles. The summed E-state index contributed by atoms with van der Waals surface area (Å²) in [5, 5.41) is 12.5. The lowest BCUT2D eigenvalue weighted by molar-refractivity contribution is -0.125. The molecule has 0 bridgehead atoms. The molecule has 0 spiro atoms. The van der Waals surface area contributed by atoms with E-state index in [1.165, 1.54) is 31.4 Å². The number of carbonyl (C=O) groups is 2. The number of hydrogen-bond acceptors (Lipinski definition) is 4. The Balaban J connectivity index is 1.77. The number of amides is 1. The van der Waals surface area contributed by atoms with E-state index in [4.69, 9.17) is 4.74 Å². The van der Waals surface area contributed by atoms with Gasteiger partial charge in [0.2, 0.25) is 0 Å². The molecular weight excluding hydrogens is 282 g/mol. The summed E-state index contributed by atoms with van der Waals surface area (Å²) in [6.45, 7) is -0.316. The molecule has 1 aliphatic carbocycles. The second-order valence-electron chi connectivity index (χ2n) is 5.70. The van der Waals surface area contributed by atoms with Crippen molar-refractivity contribution in [2.45, 2.75) is 51.0 Å². The van der Waals surface area contributed by atoms with Crippen molar-refractivity contribution >= 4 is 11.9 Å². The van der Waals surface area contributed by atoms with E-state index < -0.39 is 5.97 Å². The lowest BCUT2D eigenvalue weighted by atomic mass is 9.97. The number of ether oxygens (including phenoxy) is 1. The van der Waals surface area contributed by atoms with Gasteiger partial charge in [0.05, 0.1) is 0 Å². The van der Waals surface area contributed by atoms with Gasteiger partial charge in [0.25, 0.3) is 5.91 Å². The second-order valence-corrected chi connectivity index (χ2v) is 5.70. The first-order valence-electron chi connectivity index (χ1n) is 7.91. The summed E-state index contributed by atoms with van der Waals surface area (Å²) in [6.07, 6.45) is 7.94. The Kier molecular flexibility index (Phi) is 6.25. The van der Waals surface area contributed by atoms with Gasteiger partial charge < -0.3 is 15.2 Å². The van der Waals surface area contributed by atoms with Crippen LogP contribution < -0.4 is 5.32 Å². The quantitative estimate of drug-likeness (QED) is 0.839. The summed E-state index contributed by atoms with van der Waals surface area (Å²) < 4.78 is 4.96. The fraction of sp³-hybridized carbons (Fsp3) is 0.529. The molecule has 1 aliphatic rings. The molecule has 22 heavy (non-hydrogen) atoms. The van der Waals surface area contributed by atoms with Gasteiger partial charge in [-0.3, -0.25) is 4.79 Å². The number of aromatic hydroxyl groups is 1. The maximum Gasteiger partial charge on any atom is 0.342 e. The summed E-state index contributed by atoms with van der Waals surface area (Å²) in [6, 6.07) is 6.30. The zero-order chi connectivity index (χ0) is 15.8. The van der Waals surface area contributed by atoms with E-state index in [1.807, 2.05) is 0 Å². The highest BCUT2D eigenvalue weighted by molar-refractivity contribution is 5.93. The van der Waals surface area contributed by atoms with Crippen molar-refractivity contribution < 1.29 is 19.4 Å². The van der Waals surface area contributed by atoms with Gasteiger partial charge in [0.1, 0.15) is 11.3 Å². The van der Waals surface area contributed by atoms with E-state index in [0.717, 1.165) is 25.7 Å². The molecular formula is C17H23NO4. The van der Waals surface area contributed by atoms with Crippen LogP contribution in [0.4, 0.5) is 0 Å². The molecule has 0 heterocycles. The van der Waals surface area contributed by atoms with Gasteiger partial charge in [-0.05, 0) is 25.0 Å². The summed E-state index contributed by atoms with van der Waals surface area (Å²) in [7, 11) is 0. The fourth-order valence-electron chi connectivity index (χ4n) is 2.72. The molecule has 120 valence electrons. The molecule has 2 N–H and O–H groups in total. The number of carbonyl (C=O) groups excluding carboxylic acids is 2. The van der Waals surface area contributed by atoms with Gasteiger partial charge >= 0.3 is 5.97 Å². The van der Waals surface area contributed by atoms with E-state index in [-0.39, 0.29) is 29.9 Å². The molecule has 0 atom stereocenters. The van der Waals surface area contributed by atoms with Crippen molar-refractivity contribution in [2.24, 2.45) is 0 Å². The third kappa shape index (κ3) is 5.06. The van der Waals surface area contributed by atoms with Crippen LogP contribution in [0.5, 0.6) is 5.75 Å². The molecule has 0 saturated heterocycles. The van der Waals surface area contributed by atoms with E-state index in [1.54, 1.807) is 12.1 Å². The van der Waals surface area contributed by atoms with Crippen LogP contribution in [0.3, 0.4) is 0 Å². The summed E-state index contributed by atoms with van der Waals surface area (Å²) in [5.41, 5.74) is 0.0706. The molecule has 2 rings (SSSR count). The molecule has 0 unspecified atom stereocenters. The van der Waals surface area contributed by atoms with Crippen LogP contribution in [0.25, 0.3) is 0 Å². The predicted octanol–water partition coefficient (Wildman–Crippen LogP) is 2.78. The Morgan fingerprint density at radius 2 is 1.73 bits per heavy atom. The van der Waals surface area contributed by atoms with Crippen molar-refractivity contribution in [1.82, 2.24) is 5.32 Å². The number of phenolic OH excluding ortho intramolecular Hbond substituents is 1. The molecule has 1 aromatic carbocycles. The SMILES string of the molecule is O=C(COC(=O)c1ccccc1O)NC1CCCCCCC1. The minimum atomic E-state index is -0.689. The number of esters is 1. The lowest BCUT2D eigenvalue weighted by Gasteiger charge is -2.20. The number of hydrogen-bond donors (Lipinski definition) is 2. The van der Waals surface area contributed by atoms with Crippen molar-refractivity contribution in [3.8, 4) is 5.75 Å². The first-order chi connectivity index (χ1) is 10.7. The highest BCUT2D eigenvalue weighted by Gasteiger charge is 2.17. The van der Waals surface area contributed by atoms with Crippen LogP contribution >= 0.6 is 0 Å². The third-order valence-corrected chi connectivity index (χ3v) is 3.93. The van der Waals surface area contributed by atoms with E-state index >= 15 is 0 Å². The van der Waals surface area contributed by atoms with Crippen LogP contribution in [-0.4, -0.2) is 29.6 Å². The number of para-hydroxylation sites is 1. The topological polar surface area (TPSA) is 75.6 Å². The van der Waals surface area contributed by atoms with Crippen molar-refractivity contribution in [3.63, 3.8) is 0 Å². The first-order valence-corrected chi connectivity index (χ1v) is 7.91. The average Bonchev–Trinajstić information content (AvgIpc) is 2.48. The van der Waals surface area contributed by atoms with E-state index in [9.17, 15) is 14.7 Å². The van der Waals surface area contributed by atoms with Gasteiger partial charge in [-0.2, -0.15) is 0 Å². The Hall–Kier alpha value is -2.04. The predicted molar refractivity (Wildman–Crippen MR) is 82.6 cm³/mol. The maximum atomic E-state index is 11.9. The highest BCUT2D eigenvalue weighted by Crippen LogP contribution is 2.18. The number of phenols is 1. The molecule has 1 saturated carbocycles. The van der Waals surface area contributed by atoms with Crippen LogP contribution in [0.15, 0.2) is 24.3 Å². The van der Waals surface area contributed by atoms with Gasteiger partial charge in [-0.1, -0.05) is 44.2 Å². The van der Waals surface area contributed by atoms with E-state index in [0.29, 0.717) is 0 Å². The highest BCUT2D eigenvalue weighted by atomic mass is 16.5. The average molecular weight is 305 g/mol. The fourth-order valence-corrected chi connectivity index (χ4v) is 2.72. The van der Waals surface area contributed by atoms with Crippen molar-refractivity contribution in [1.29, 1.82) is 0 Å². The van der Waals surface area contributed by atoms with Gasteiger partial charge in [0.15, 0.2) is 6.61 Å². The molecule has 0 aliphatic heterocycles. The summed E-state index contributed by atoms with van der Waals surface area (Å²) in [4.78, 5) is 23.7. The van der Waals surface area contributed by atoms with Crippen molar-refractivity contribution in [2.75, 3.05) is 6.61 Å². The first kappa shape index (κ1) is 16.3. The zero-order valence-corrected chi connectivity index (χ0v) is 12.7. The second kappa shape index (κ2) is 8.41. The minimum absolute atomic E-state index is 0.0706. The van der Waals surface area contributed by atoms with Crippen LogP contribution in [0.2, 0.25) is 0 Å². The molecule has 1 amide bonds. The summed E-state index contributed by atoms with van der Waals surface area (Å²) in [5.74, 6) is -1.12. The monoisotopic (exact) mass is 305 g/mol. The minimum Gasteiger partial charge on any atom is -0.507 e. The summed E-state index contributed by atoms with van der Waals surface area (Å²) >= 11 is 0. The third-order valence-electron chi connectivity index (χ3n) is 3.93. The molecule has 0 radical (unpaired) electrons. The van der Waals surface area contributed by atoms with Crippen molar-refractivity contribution in [3.05, 3.63) is 29.8 Å². The number of rotatable bonds is 4. The van der Waals surface area contributed by atoms with Crippen LogP contribution in [0, 0.1) is 0 Å².